The van der Waals surface area contributed by atoms with Crippen molar-refractivity contribution < 1.29 is 9.53 Å². The molecule has 1 aliphatic carbocycles. The van der Waals surface area contributed by atoms with Crippen LogP contribution in [0.25, 0.3) is 0 Å². The molecule has 7 nitrogen and oxygen atoms in total. The number of nitrogens with zero attached hydrogens (tertiary/aromatic N) is 4. The summed E-state index contributed by atoms with van der Waals surface area (Å²) in [6.45, 7) is 0.559. The molecule has 2 aromatic heterocycles. The van der Waals surface area contributed by atoms with E-state index in [2.05, 4.69) is 21.4 Å². The third-order valence-electron chi connectivity index (χ3n) is 5.11. The van der Waals surface area contributed by atoms with Crippen LogP contribution in [-0.2, 0) is 4.79 Å². The van der Waals surface area contributed by atoms with E-state index in [9.17, 15) is 10.1 Å². The molecule has 3 heterocycles. The fourth-order valence-corrected chi connectivity index (χ4v) is 3.53. The van der Waals surface area contributed by atoms with E-state index in [0.29, 0.717) is 30.4 Å². The Morgan fingerprint density at radius 3 is 2.69 bits per heavy atom. The first kappa shape index (κ1) is 16.3. The standard InChI is InChI=1S/C19H19N5O2/c1-26-15-5-8-22-17(11-15)23-16-10-14(4-7-21-16)24-9-6-19(12-20,18(24)25)13-2-3-13/h4-5,7-8,10-11,13H,2-3,6,9H2,1H3,(H,21,22,23)/t19-/m1/s1. The molecule has 0 radical (unpaired) electrons. The third-order valence-corrected chi connectivity index (χ3v) is 5.11. The lowest BCUT2D eigenvalue weighted by Gasteiger charge is -2.21. The number of nitriles is 1. The van der Waals surface area contributed by atoms with Crippen LogP contribution in [0, 0.1) is 22.7 Å². The van der Waals surface area contributed by atoms with E-state index in [1.54, 1.807) is 48.7 Å². The highest BCUT2D eigenvalue weighted by molar-refractivity contribution is 6.02. The highest BCUT2D eigenvalue weighted by Gasteiger charge is 2.56. The average Bonchev–Trinajstić information content (AvgIpc) is 3.46. The van der Waals surface area contributed by atoms with E-state index < -0.39 is 5.41 Å². The van der Waals surface area contributed by atoms with Crippen molar-refractivity contribution in [3.8, 4) is 11.8 Å². The van der Waals surface area contributed by atoms with Gasteiger partial charge in [-0.15, -0.1) is 0 Å². The second kappa shape index (κ2) is 6.30. The van der Waals surface area contributed by atoms with Crippen LogP contribution in [0.4, 0.5) is 17.3 Å². The van der Waals surface area contributed by atoms with Crippen LogP contribution in [0.2, 0.25) is 0 Å². The second-order valence-electron chi connectivity index (χ2n) is 6.67. The zero-order valence-electron chi connectivity index (χ0n) is 14.5. The number of rotatable bonds is 5. The van der Waals surface area contributed by atoms with Gasteiger partial charge in [-0.3, -0.25) is 4.79 Å². The van der Waals surface area contributed by atoms with Gasteiger partial charge in [0, 0.05) is 36.8 Å². The highest BCUT2D eigenvalue weighted by Crippen LogP contribution is 2.51. The third kappa shape index (κ3) is 2.73. The number of amides is 1. The molecule has 1 atom stereocenters. The van der Waals surface area contributed by atoms with E-state index >= 15 is 0 Å². The van der Waals surface area contributed by atoms with Crippen LogP contribution in [0.3, 0.4) is 0 Å². The topological polar surface area (TPSA) is 91.1 Å². The molecule has 1 N–H and O–H groups in total. The van der Waals surface area contributed by atoms with Crippen molar-refractivity contribution in [1.29, 1.82) is 5.26 Å². The van der Waals surface area contributed by atoms with Gasteiger partial charge in [0.1, 0.15) is 22.8 Å². The molecule has 1 aliphatic heterocycles. The highest BCUT2D eigenvalue weighted by atomic mass is 16.5. The fourth-order valence-electron chi connectivity index (χ4n) is 3.53. The SMILES string of the molecule is COc1ccnc(Nc2cc(N3CC[C@@](C#N)(C4CC4)C3=O)ccn2)c1. The van der Waals surface area contributed by atoms with Crippen molar-refractivity contribution in [2.45, 2.75) is 19.3 Å². The van der Waals surface area contributed by atoms with Crippen LogP contribution >= 0.6 is 0 Å². The predicted molar refractivity (Wildman–Crippen MR) is 96.0 cm³/mol. The minimum absolute atomic E-state index is 0.0841. The summed E-state index contributed by atoms with van der Waals surface area (Å²) < 4.78 is 5.19. The molecular formula is C19H19N5O2. The summed E-state index contributed by atoms with van der Waals surface area (Å²) in [4.78, 5) is 23.2. The van der Waals surface area contributed by atoms with Gasteiger partial charge < -0.3 is 15.0 Å². The van der Waals surface area contributed by atoms with Gasteiger partial charge >= 0.3 is 0 Å². The van der Waals surface area contributed by atoms with E-state index in [-0.39, 0.29) is 11.8 Å². The van der Waals surface area contributed by atoms with E-state index in [0.717, 1.165) is 18.5 Å². The Bertz CT molecular complexity index is 889. The number of aromatic nitrogens is 2. The molecule has 0 spiro atoms. The minimum atomic E-state index is -0.842. The molecule has 0 unspecified atom stereocenters. The normalized spacial score (nSPS) is 22.2. The second-order valence-corrected chi connectivity index (χ2v) is 6.67. The lowest BCUT2D eigenvalue weighted by atomic mass is 9.83. The van der Waals surface area contributed by atoms with E-state index in [1.807, 2.05) is 0 Å². The molecule has 2 aliphatic rings. The van der Waals surface area contributed by atoms with Gasteiger partial charge in [0.25, 0.3) is 0 Å². The monoisotopic (exact) mass is 349 g/mol. The van der Waals surface area contributed by atoms with Gasteiger partial charge in [-0.05, 0) is 37.3 Å². The molecule has 1 saturated carbocycles. The van der Waals surface area contributed by atoms with Gasteiger partial charge in [0.2, 0.25) is 5.91 Å². The summed E-state index contributed by atoms with van der Waals surface area (Å²) in [5.74, 6) is 2.00. The smallest absolute Gasteiger partial charge is 0.247 e. The molecule has 2 aromatic rings. The molecule has 1 amide bonds. The van der Waals surface area contributed by atoms with Crippen molar-refractivity contribution in [2.75, 3.05) is 23.9 Å². The minimum Gasteiger partial charge on any atom is -0.497 e. The van der Waals surface area contributed by atoms with Crippen LogP contribution in [-0.4, -0.2) is 29.5 Å². The first-order valence-corrected chi connectivity index (χ1v) is 8.62. The number of hydrogen-bond donors (Lipinski definition) is 1. The molecular weight excluding hydrogens is 330 g/mol. The number of methoxy groups -OCH3 is 1. The Kier molecular flexibility index (Phi) is 3.96. The van der Waals surface area contributed by atoms with Gasteiger partial charge in [0.05, 0.1) is 13.2 Å². The number of ether oxygens (including phenoxy) is 1. The molecule has 26 heavy (non-hydrogen) atoms. The van der Waals surface area contributed by atoms with Crippen LogP contribution in [0.1, 0.15) is 19.3 Å². The van der Waals surface area contributed by atoms with Crippen molar-refractivity contribution in [1.82, 2.24) is 9.97 Å². The molecule has 0 aromatic carbocycles. The molecule has 2 fully saturated rings. The summed E-state index contributed by atoms with van der Waals surface area (Å²) in [7, 11) is 1.60. The van der Waals surface area contributed by atoms with Gasteiger partial charge in [-0.2, -0.15) is 5.26 Å². The number of anilines is 3. The Morgan fingerprint density at radius 1 is 1.27 bits per heavy atom. The number of carbonyl (C=O) groups is 1. The number of nitrogens with one attached hydrogen (secondary N) is 1. The largest absolute Gasteiger partial charge is 0.497 e. The maximum Gasteiger partial charge on any atom is 0.247 e. The Balaban J connectivity index is 1.56. The van der Waals surface area contributed by atoms with E-state index in [4.69, 9.17) is 4.74 Å². The van der Waals surface area contributed by atoms with Crippen molar-refractivity contribution in [2.24, 2.45) is 11.3 Å². The lowest BCUT2D eigenvalue weighted by Crippen LogP contribution is -2.35. The molecule has 0 bridgehead atoms. The molecule has 4 rings (SSSR count). The zero-order chi connectivity index (χ0) is 18.1. The van der Waals surface area contributed by atoms with Gasteiger partial charge in [-0.25, -0.2) is 9.97 Å². The number of pyridine rings is 2. The molecule has 7 heteroatoms. The fraction of sp³-hybridized carbons (Fsp3) is 0.368. The summed E-state index contributed by atoms with van der Waals surface area (Å²) in [5, 5.41) is 12.7. The molecule has 132 valence electrons. The Labute approximate surface area is 151 Å². The van der Waals surface area contributed by atoms with Gasteiger partial charge in [0.15, 0.2) is 0 Å². The summed E-state index contributed by atoms with van der Waals surface area (Å²) >= 11 is 0. The van der Waals surface area contributed by atoms with Crippen molar-refractivity contribution in [3.63, 3.8) is 0 Å². The maximum atomic E-state index is 12.9. The molecule has 1 saturated heterocycles. The van der Waals surface area contributed by atoms with Crippen molar-refractivity contribution >= 4 is 23.2 Å². The van der Waals surface area contributed by atoms with Crippen molar-refractivity contribution in [3.05, 3.63) is 36.7 Å². The Morgan fingerprint density at radius 2 is 2.00 bits per heavy atom. The maximum absolute atomic E-state index is 12.9. The van der Waals surface area contributed by atoms with Crippen LogP contribution in [0.15, 0.2) is 36.7 Å². The predicted octanol–water partition coefficient (Wildman–Crippen LogP) is 2.89. The number of hydrogen-bond acceptors (Lipinski definition) is 6. The quantitative estimate of drug-likeness (QED) is 0.892. The van der Waals surface area contributed by atoms with Gasteiger partial charge in [-0.1, -0.05) is 0 Å². The zero-order valence-corrected chi connectivity index (χ0v) is 14.5. The summed E-state index contributed by atoms with van der Waals surface area (Å²) in [5.41, 5.74) is -0.0984. The summed E-state index contributed by atoms with van der Waals surface area (Å²) in [6, 6.07) is 9.44. The Hall–Kier alpha value is -3.14. The van der Waals surface area contributed by atoms with E-state index in [1.165, 1.54) is 0 Å². The first-order chi connectivity index (χ1) is 12.7. The van der Waals surface area contributed by atoms with Crippen LogP contribution < -0.4 is 15.0 Å². The number of carbonyl (C=O) groups excluding carboxylic acids is 1. The van der Waals surface area contributed by atoms with Crippen LogP contribution in [0.5, 0.6) is 5.75 Å². The first-order valence-electron chi connectivity index (χ1n) is 8.62. The lowest BCUT2D eigenvalue weighted by molar-refractivity contribution is -0.123. The summed E-state index contributed by atoms with van der Waals surface area (Å²) in [6.07, 6.45) is 5.83. The average molecular weight is 349 g/mol.